The van der Waals surface area contributed by atoms with E-state index in [9.17, 15) is 4.79 Å². The smallest absolute Gasteiger partial charge is 0.276 e. The Balaban J connectivity index is 1.71. The van der Waals surface area contributed by atoms with Crippen LogP contribution >= 0.6 is 0 Å². The molecule has 0 aliphatic heterocycles. The van der Waals surface area contributed by atoms with Crippen molar-refractivity contribution in [2.45, 2.75) is 83.3 Å². The normalized spacial score (nSPS) is 12.5. The minimum absolute atomic E-state index is 0.0810. The lowest BCUT2D eigenvalue weighted by molar-refractivity contribution is -0.125. The number of hydrogen-bond donors (Lipinski definition) is 1. The van der Waals surface area contributed by atoms with E-state index in [1.165, 1.54) is 83.2 Å². The van der Waals surface area contributed by atoms with Gasteiger partial charge in [0.2, 0.25) is 5.82 Å². The highest BCUT2D eigenvalue weighted by molar-refractivity contribution is 6.02. The first-order chi connectivity index (χ1) is 19.5. The number of nitrogens with zero attached hydrogens (tertiary/aromatic N) is 4. The third-order valence-corrected chi connectivity index (χ3v) is 6.91. The number of nitrogens with one attached hydrogen (secondary N) is 1. The maximum absolute atomic E-state index is 16.9. The molecule has 9 nitrogen and oxygen atoms in total. The van der Waals surface area contributed by atoms with Crippen LogP contribution in [0, 0.1) is 0 Å². The van der Waals surface area contributed by atoms with Crippen LogP contribution in [0.3, 0.4) is 0 Å². The molecule has 0 bridgehead atoms. The summed E-state index contributed by atoms with van der Waals surface area (Å²) >= 11 is 0. The van der Waals surface area contributed by atoms with Crippen molar-refractivity contribution < 1.29 is 23.4 Å². The van der Waals surface area contributed by atoms with Gasteiger partial charge in [-0.3, -0.25) is 4.79 Å². The van der Waals surface area contributed by atoms with Crippen molar-refractivity contribution in [3.8, 4) is 17.2 Å². The summed E-state index contributed by atoms with van der Waals surface area (Å²) in [4.78, 5) is 15.0. The van der Waals surface area contributed by atoms with Gasteiger partial charge in [0.1, 0.15) is 22.9 Å². The zero-order valence-electron chi connectivity index (χ0n) is 24.1. The second-order valence-electron chi connectivity index (χ2n) is 9.78. The molecule has 0 radical (unpaired) electrons. The molecule has 1 aromatic heterocycles. The number of carbonyl (C=O) groups is 1. The van der Waals surface area contributed by atoms with Crippen LogP contribution in [0.1, 0.15) is 82.5 Å². The van der Waals surface area contributed by atoms with Crippen LogP contribution in [0.2, 0.25) is 0 Å². The van der Waals surface area contributed by atoms with Gasteiger partial charge < -0.3 is 19.5 Å². The topological polar surface area (TPSA) is 100 Å². The molecule has 218 valence electrons. The van der Waals surface area contributed by atoms with E-state index < -0.39 is 11.6 Å². The molecule has 10 heteroatoms. The number of unbranched alkanes of at least 4 members (excludes halogenated alkanes) is 9. The fourth-order valence-electron chi connectivity index (χ4n) is 4.57. The Morgan fingerprint density at radius 1 is 0.875 bits per heavy atom. The number of aryl methyl sites for hydroxylation is 1. The number of methoxy groups -OCH3 is 3. The molecule has 2 aromatic carbocycles. The second-order valence-corrected chi connectivity index (χ2v) is 9.78. The highest BCUT2D eigenvalue weighted by Crippen LogP contribution is 2.41. The van der Waals surface area contributed by atoms with Gasteiger partial charge >= 0.3 is 0 Å². The summed E-state index contributed by atoms with van der Waals surface area (Å²) < 4.78 is 33.0. The maximum Gasteiger partial charge on any atom is 0.276 e. The van der Waals surface area contributed by atoms with Gasteiger partial charge in [0.05, 0.1) is 27.9 Å². The predicted octanol–water partition coefficient (Wildman–Crippen LogP) is 6.47. The third kappa shape index (κ3) is 7.92. The van der Waals surface area contributed by atoms with Gasteiger partial charge in [-0.15, -0.1) is 10.2 Å². The molecule has 1 heterocycles. The number of tetrazole rings is 1. The van der Waals surface area contributed by atoms with Gasteiger partial charge in [-0.1, -0.05) is 95.0 Å². The van der Waals surface area contributed by atoms with E-state index in [4.69, 9.17) is 14.2 Å². The molecule has 0 spiro atoms. The highest BCUT2D eigenvalue weighted by Gasteiger charge is 2.47. The standard InChI is InChI=1S/C30H42FN5O4/c1-5-6-7-8-9-10-11-12-13-17-20-36-34-28(33-35-36)30(31,23-18-15-14-16-19-23)29(37)32-27-25(39-3)21-24(38-2)22-26(27)40-4/h14-16,18-19,21-22H,5-13,17,20H2,1-4H3,(H,32,37). The number of hydrogen-bond acceptors (Lipinski definition) is 7. The summed E-state index contributed by atoms with van der Waals surface area (Å²) in [6, 6.07) is 11.2. The summed E-state index contributed by atoms with van der Waals surface area (Å²) in [6.07, 6.45) is 12.0. The van der Waals surface area contributed by atoms with Gasteiger partial charge in [0, 0.05) is 17.7 Å². The van der Waals surface area contributed by atoms with E-state index in [-0.39, 0.29) is 28.6 Å². The van der Waals surface area contributed by atoms with Crippen LogP contribution in [-0.4, -0.2) is 47.4 Å². The zero-order chi connectivity index (χ0) is 28.8. The zero-order valence-corrected chi connectivity index (χ0v) is 24.1. The molecular weight excluding hydrogens is 513 g/mol. The number of anilines is 1. The molecule has 0 fully saturated rings. The van der Waals surface area contributed by atoms with E-state index in [0.717, 1.165) is 19.3 Å². The van der Waals surface area contributed by atoms with Gasteiger partial charge in [0.25, 0.3) is 11.6 Å². The first kappa shape index (κ1) is 30.8. The Kier molecular flexibility index (Phi) is 12.2. The molecular formula is C30H42FN5O4. The van der Waals surface area contributed by atoms with Crippen LogP contribution in [0.15, 0.2) is 42.5 Å². The molecule has 3 aromatic rings. The molecule has 0 saturated carbocycles. The summed E-state index contributed by atoms with van der Waals surface area (Å²) in [7, 11) is 4.37. The van der Waals surface area contributed by atoms with Crippen LogP contribution < -0.4 is 19.5 Å². The quantitative estimate of drug-likeness (QED) is 0.180. The third-order valence-electron chi connectivity index (χ3n) is 6.91. The van der Waals surface area contributed by atoms with Crippen molar-refractivity contribution >= 4 is 11.6 Å². The average Bonchev–Trinajstić information content (AvgIpc) is 3.47. The van der Waals surface area contributed by atoms with Gasteiger partial charge in [-0.25, -0.2) is 4.39 Å². The molecule has 1 N–H and O–H groups in total. The molecule has 1 unspecified atom stereocenters. The lowest BCUT2D eigenvalue weighted by atomic mass is 9.93. The van der Waals surface area contributed by atoms with E-state index >= 15 is 4.39 Å². The molecule has 0 aliphatic carbocycles. The number of alkyl halides is 1. The number of amides is 1. The first-order valence-corrected chi connectivity index (χ1v) is 14.1. The fraction of sp³-hybridized carbons (Fsp3) is 0.533. The number of halogens is 1. The predicted molar refractivity (Wildman–Crippen MR) is 153 cm³/mol. The highest BCUT2D eigenvalue weighted by atomic mass is 19.1. The first-order valence-electron chi connectivity index (χ1n) is 14.1. The van der Waals surface area contributed by atoms with E-state index in [1.807, 2.05) is 0 Å². The Morgan fingerprint density at radius 3 is 2.00 bits per heavy atom. The van der Waals surface area contributed by atoms with Gasteiger partial charge in [-0.05, 0) is 11.6 Å². The molecule has 0 saturated heterocycles. The van der Waals surface area contributed by atoms with Crippen molar-refractivity contribution in [1.82, 2.24) is 20.2 Å². The van der Waals surface area contributed by atoms with Crippen LogP contribution in [0.4, 0.5) is 10.1 Å². The number of ether oxygens (including phenoxy) is 3. The average molecular weight is 556 g/mol. The molecule has 3 rings (SSSR count). The van der Waals surface area contributed by atoms with Crippen LogP contribution in [0.5, 0.6) is 17.2 Å². The summed E-state index contributed by atoms with van der Waals surface area (Å²) in [5.41, 5.74) is -2.48. The minimum atomic E-state index is -2.72. The lowest BCUT2D eigenvalue weighted by Crippen LogP contribution is -2.39. The van der Waals surface area contributed by atoms with Gasteiger partial charge in [0.15, 0.2) is 0 Å². The van der Waals surface area contributed by atoms with Crippen molar-refractivity contribution in [3.05, 3.63) is 53.9 Å². The van der Waals surface area contributed by atoms with Crippen LogP contribution in [-0.2, 0) is 17.0 Å². The summed E-state index contributed by atoms with van der Waals surface area (Å²) in [5, 5.41) is 14.9. The summed E-state index contributed by atoms with van der Waals surface area (Å²) in [5.74, 6) is -0.387. The molecule has 40 heavy (non-hydrogen) atoms. The molecule has 1 atom stereocenters. The van der Waals surface area contributed by atoms with Crippen molar-refractivity contribution in [2.75, 3.05) is 26.6 Å². The number of carbonyl (C=O) groups excluding carboxylic acids is 1. The molecule has 1 amide bonds. The van der Waals surface area contributed by atoms with Gasteiger partial charge in [-0.2, -0.15) is 4.80 Å². The van der Waals surface area contributed by atoms with Crippen LogP contribution in [0.25, 0.3) is 0 Å². The summed E-state index contributed by atoms with van der Waals surface area (Å²) in [6.45, 7) is 2.73. The SMILES string of the molecule is CCCCCCCCCCCCn1nnc(C(F)(C(=O)Nc2c(OC)cc(OC)cc2OC)c2ccccc2)n1. The monoisotopic (exact) mass is 555 g/mol. The van der Waals surface area contributed by atoms with E-state index in [0.29, 0.717) is 12.3 Å². The minimum Gasteiger partial charge on any atom is -0.496 e. The number of rotatable bonds is 18. The second kappa shape index (κ2) is 15.8. The lowest BCUT2D eigenvalue weighted by Gasteiger charge is -2.23. The molecule has 0 aliphatic rings. The maximum atomic E-state index is 16.9. The van der Waals surface area contributed by atoms with Crippen molar-refractivity contribution in [2.24, 2.45) is 0 Å². The Labute approximate surface area is 236 Å². The largest absolute Gasteiger partial charge is 0.496 e. The van der Waals surface area contributed by atoms with Crippen molar-refractivity contribution in [3.63, 3.8) is 0 Å². The van der Waals surface area contributed by atoms with Crippen molar-refractivity contribution in [1.29, 1.82) is 0 Å². The Bertz CT molecular complexity index is 1160. The fourth-order valence-corrected chi connectivity index (χ4v) is 4.57. The number of benzene rings is 2. The number of aromatic nitrogens is 4. The Hall–Kier alpha value is -3.69. The van der Waals surface area contributed by atoms with E-state index in [1.54, 1.807) is 30.3 Å². The Morgan fingerprint density at radius 2 is 1.45 bits per heavy atom. The van der Waals surface area contributed by atoms with E-state index in [2.05, 4.69) is 27.7 Å².